The van der Waals surface area contributed by atoms with Crippen molar-refractivity contribution >= 4 is 22.5 Å². The molecule has 3 nitrogen and oxygen atoms in total. The number of nitrogens with zero attached hydrogens (tertiary/aromatic N) is 2. The SMILES string of the molecule is CC1C=CC(C)n2c3cc(Cl)ccc3c(=O)n21. The number of allylic oxidation sites excluding steroid dienone is 2. The van der Waals surface area contributed by atoms with Crippen LogP contribution >= 0.6 is 11.6 Å². The van der Waals surface area contributed by atoms with Gasteiger partial charge in [0.1, 0.15) is 0 Å². The second kappa shape index (κ2) is 3.50. The van der Waals surface area contributed by atoms with E-state index < -0.39 is 0 Å². The predicted molar refractivity (Wildman–Crippen MR) is 69.8 cm³/mol. The van der Waals surface area contributed by atoms with Crippen molar-refractivity contribution in [3.05, 3.63) is 45.7 Å². The molecule has 2 heterocycles. The number of fused-ring (bicyclic) bond motifs is 3. The fraction of sp³-hybridized carbons (Fsp3) is 0.308. The highest BCUT2D eigenvalue weighted by Crippen LogP contribution is 2.26. The van der Waals surface area contributed by atoms with E-state index in [4.69, 9.17) is 11.6 Å². The molecule has 2 aromatic rings. The highest BCUT2D eigenvalue weighted by Gasteiger charge is 2.22. The summed E-state index contributed by atoms with van der Waals surface area (Å²) in [7, 11) is 0. The van der Waals surface area contributed by atoms with E-state index in [-0.39, 0.29) is 17.6 Å². The van der Waals surface area contributed by atoms with E-state index in [9.17, 15) is 4.79 Å². The monoisotopic (exact) mass is 248 g/mol. The molecular formula is C13H13ClN2O. The first-order valence-electron chi connectivity index (χ1n) is 5.70. The summed E-state index contributed by atoms with van der Waals surface area (Å²) in [6.45, 7) is 4.08. The van der Waals surface area contributed by atoms with E-state index in [1.807, 2.05) is 17.7 Å². The highest BCUT2D eigenvalue weighted by atomic mass is 35.5. The van der Waals surface area contributed by atoms with Crippen molar-refractivity contribution in [1.29, 1.82) is 0 Å². The molecule has 2 atom stereocenters. The van der Waals surface area contributed by atoms with E-state index >= 15 is 0 Å². The average Bonchev–Trinajstić information content (AvgIpc) is 2.58. The quantitative estimate of drug-likeness (QED) is 0.658. The van der Waals surface area contributed by atoms with Crippen molar-refractivity contribution in [3.8, 4) is 0 Å². The maximum Gasteiger partial charge on any atom is 0.275 e. The summed E-state index contributed by atoms with van der Waals surface area (Å²) < 4.78 is 3.82. The molecule has 1 aliphatic rings. The van der Waals surface area contributed by atoms with Crippen LogP contribution in [0.2, 0.25) is 5.02 Å². The van der Waals surface area contributed by atoms with E-state index in [2.05, 4.69) is 19.1 Å². The first-order valence-corrected chi connectivity index (χ1v) is 6.08. The Hall–Kier alpha value is -1.48. The second-order valence-electron chi connectivity index (χ2n) is 4.52. The first kappa shape index (κ1) is 10.7. The molecule has 1 aromatic heterocycles. The van der Waals surface area contributed by atoms with Gasteiger partial charge in [0.25, 0.3) is 5.56 Å². The van der Waals surface area contributed by atoms with Crippen molar-refractivity contribution < 1.29 is 0 Å². The van der Waals surface area contributed by atoms with Gasteiger partial charge in [-0.2, -0.15) is 0 Å². The lowest BCUT2D eigenvalue weighted by Crippen LogP contribution is -2.29. The minimum absolute atomic E-state index is 0.0559. The maximum atomic E-state index is 12.3. The highest BCUT2D eigenvalue weighted by molar-refractivity contribution is 6.31. The molecule has 0 saturated heterocycles. The molecule has 17 heavy (non-hydrogen) atoms. The van der Waals surface area contributed by atoms with Crippen molar-refractivity contribution in [3.63, 3.8) is 0 Å². The largest absolute Gasteiger partial charge is 0.275 e. The molecule has 3 rings (SSSR count). The smallest absolute Gasteiger partial charge is 0.275 e. The normalized spacial score (nSPS) is 23.0. The van der Waals surface area contributed by atoms with Gasteiger partial charge in [0.15, 0.2) is 0 Å². The number of benzene rings is 1. The zero-order valence-electron chi connectivity index (χ0n) is 9.72. The molecule has 0 aliphatic carbocycles. The molecule has 88 valence electrons. The number of rotatable bonds is 0. The fourth-order valence-corrected chi connectivity index (χ4v) is 2.66. The van der Waals surface area contributed by atoms with Crippen LogP contribution in [-0.4, -0.2) is 9.36 Å². The van der Waals surface area contributed by atoms with Gasteiger partial charge in [-0.05, 0) is 32.0 Å². The predicted octanol–water partition coefficient (Wildman–Crippen LogP) is 3.15. The van der Waals surface area contributed by atoms with Crippen LogP contribution in [0.1, 0.15) is 25.9 Å². The minimum atomic E-state index is 0.0559. The van der Waals surface area contributed by atoms with Gasteiger partial charge in [-0.25, -0.2) is 4.68 Å². The summed E-state index contributed by atoms with van der Waals surface area (Å²) in [5, 5.41) is 1.39. The Balaban J connectivity index is 2.48. The summed E-state index contributed by atoms with van der Waals surface area (Å²) in [4.78, 5) is 12.3. The molecule has 0 saturated carbocycles. The molecular weight excluding hydrogens is 236 g/mol. The fourth-order valence-electron chi connectivity index (χ4n) is 2.49. The molecule has 2 unspecified atom stereocenters. The standard InChI is InChI=1S/C13H13ClN2O/c1-8-3-4-9(2)16-13(17)11-6-5-10(14)7-12(11)15(8)16/h3-9H,1-2H3. The van der Waals surface area contributed by atoms with Gasteiger partial charge in [0.2, 0.25) is 0 Å². The van der Waals surface area contributed by atoms with E-state index in [0.29, 0.717) is 5.02 Å². The van der Waals surface area contributed by atoms with Gasteiger partial charge < -0.3 is 0 Å². The molecule has 0 amide bonds. The van der Waals surface area contributed by atoms with Crippen LogP contribution in [0.25, 0.3) is 10.9 Å². The minimum Gasteiger partial charge on any atom is -0.275 e. The van der Waals surface area contributed by atoms with Crippen LogP contribution in [-0.2, 0) is 0 Å². The molecule has 1 aromatic carbocycles. The maximum absolute atomic E-state index is 12.3. The van der Waals surface area contributed by atoms with Crippen molar-refractivity contribution in [1.82, 2.24) is 9.36 Å². The summed E-state index contributed by atoms with van der Waals surface area (Å²) in [5.41, 5.74) is 0.964. The van der Waals surface area contributed by atoms with Gasteiger partial charge in [-0.15, -0.1) is 0 Å². The topological polar surface area (TPSA) is 26.9 Å². The molecule has 1 aliphatic heterocycles. The molecule has 0 bridgehead atoms. The Labute approximate surface area is 104 Å². The third kappa shape index (κ3) is 1.39. The zero-order chi connectivity index (χ0) is 12.2. The molecule has 0 spiro atoms. The Bertz CT molecular complexity index is 681. The Kier molecular flexibility index (Phi) is 2.20. The van der Waals surface area contributed by atoms with E-state index in [1.54, 1.807) is 16.8 Å². The van der Waals surface area contributed by atoms with Gasteiger partial charge >= 0.3 is 0 Å². The van der Waals surface area contributed by atoms with E-state index in [0.717, 1.165) is 10.9 Å². The zero-order valence-corrected chi connectivity index (χ0v) is 10.5. The Morgan fingerprint density at radius 3 is 2.47 bits per heavy atom. The number of aromatic nitrogens is 2. The van der Waals surface area contributed by atoms with Gasteiger partial charge in [0, 0.05) is 5.02 Å². The van der Waals surface area contributed by atoms with Gasteiger partial charge in [0.05, 0.1) is 23.0 Å². The first-order chi connectivity index (χ1) is 8.09. The lowest BCUT2D eigenvalue weighted by Gasteiger charge is -2.24. The lowest BCUT2D eigenvalue weighted by molar-refractivity contribution is 0.395. The lowest BCUT2D eigenvalue weighted by atomic mass is 10.2. The van der Waals surface area contributed by atoms with Crippen LogP contribution in [0, 0.1) is 0 Å². The summed E-state index contributed by atoms with van der Waals surface area (Å²) in [5.74, 6) is 0. The van der Waals surface area contributed by atoms with Crippen LogP contribution in [0.5, 0.6) is 0 Å². The van der Waals surface area contributed by atoms with Crippen LogP contribution in [0.15, 0.2) is 35.1 Å². The average molecular weight is 249 g/mol. The summed E-state index contributed by atoms with van der Waals surface area (Å²) in [6.07, 6.45) is 4.18. The Morgan fingerprint density at radius 2 is 1.76 bits per heavy atom. The van der Waals surface area contributed by atoms with Crippen LogP contribution in [0.3, 0.4) is 0 Å². The van der Waals surface area contributed by atoms with Gasteiger partial charge in [-0.1, -0.05) is 23.8 Å². The molecule has 0 N–H and O–H groups in total. The third-order valence-electron chi connectivity index (χ3n) is 3.32. The van der Waals surface area contributed by atoms with Crippen LogP contribution in [0.4, 0.5) is 0 Å². The van der Waals surface area contributed by atoms with Crippen molar-refractivity contribution in [2.45, 2.75) is 25.9 Å². The van der Waals surface area contributed by atoms with E-state index in [1.165, 1.54) is 0 Å². The molecule has 0 fully saturated rings. The van der Waals surface area contributed by atoms with Gasteiger partial charge in [-0.3, -0.25) is 9.48 Å². The number of hydrogen-bond acceptors (Lipinski definition) is 1. The molecule has 4 heteroatoms. The van der Waals surface area contributed by atoms with Crippen molar-refractivity contribution in [2.24, 2.45) is 0 Å². The van der Waals surface area contributed by atoms with Crippen molar-refractivity contribution in [2.75, 3.05) is 0 Å². The Morgan fingerprint density at radius 1 is 1.12 bits per heavy atom. The summed E-state index contributed by atoms with van der Waals surface area (Å²) in [6, 6.07) is 5.69. The molecule has 0 radical (unpaired) electrons. The third-order valence-corrected chi connectivity index (χ3v) is 3.55. The second-order valence-corrected chi connectivity index (χ2v) is 4.96. The number of halogens is 1. The number of hydrogen-bond donors (Lipinski definition) is 0. The van der Waals surface area contributed by atoms with Crippen LogP contribution < -0.4 is 5.56 Å². The summed E-state index contributed by atoms with van der Waals surface area (Å²) >= 11 is 6.01.